The van der Waals surface area contributed by atoms with Crippen molar-refractivity contribution >= 4 is 11.4 Å². The van der Waals surface area contributed by atoms with E-state index in [1.165, 1.54) is 24.3 Å². The van der Waals surface area contributed by atoms with Gasteiger partial charge in [0.2, 0.25) is 5.82 Å². The zero-order valence-corrected chi connectivity index (χ0v) is 9.60. The molecule has 0 amide bonds. The van der Waals surface area contributed by atoms with E-state index in [0.29, 0.717) is 0 Å². The Bertz CT molecular complexity index is 575. The number of nitro benzene ring substituents is 2. The highest BCUT2D eigenvalue weighted by atomic mass is 19.1. The van der Waals surface area contributed by atoms with Crippen molar-refractivity contribution in [2.45, 2.75) is 0 Å². The Morgan fingerprint density at radius 1 is 0.789 bits per heavy atom. The van der Waals surface area contributed by atoms with E-state index in [4.69, 9.17) is 0 Å². The van der Waals surface area contributed by atoms with E-state index >= 15 is 0 Å². The Labute approximate surface area is 107 Å². The van der Waals surface area contributed by atoms with Crippen LogP contribution in [0.4, 0.5) is 15.8 Å². The van der Waals surface area contributed by atoms with Crippen LogP contribution >= 0.6 is 0 Å². The first kappa shape index (κ1) is 14.2. The molecule has 0 unspecified atom stereocenters. The number of hydrogen-bond donors (Lipinski definition) is 0. The molecule has 0 atom stereocenters. The van der Waals surface area contributed by atoms with Gasteiger partial charge in [-0.1, -0.05) is 30.3 Å². The highest BCUT2D eigenvalue weighted by molar-refractivity contribution is 5.30. The summed E-state index contributed by atoms with van der Waals surface area (Å²) in [6.07, 6.45) is 0. The van der Waals surface area contributed by atoms with Crippen LogP contribution in [0.25, 0.3) is 0 Å². The van der Waals surface area contributed by atoms with Gasteiger partial charge < -0.3 is 0 Å². The van der Waals surface area contributed by atoms with E-state index in [2.05, 4.69) is 0 Å². The monoisotopic (exact) mass is 264 g/mol. The van der Waals surface area contributed by atoms with Crippen LogP contribution < -0.4 is 0 Å². The number of benzene rings is 2. The van der Waals surface area contributed by atoms with Crippen molar-refractivity contribution in [1.82, 2.24) is 0 Å². The lowest BCUT2D eigenvalue weighted by Crippen LogP contribution is -1.90. The Balaban J connectivity index is 0.000000191. The van der Waals surface area contributed by atoms with Gasteiger partial charge in [-0.05, 0) is 6.07 Å². The highest BCUT2D eigenvalue weighted by Crippen LogP contribution is 2.14. The summed E-state index contributed by atoms with van der Waals surface area (Å²) >= 11 is 0. The molecule has 0 fully saturated rings. The third-order valence-corrected chi connectivity index (χ3v) is 2.02. The molecule has 0 bridgehead atoms. The van der Waals surface area contributed by atoms with Crippen molar-refractivity contribution in [3.05, 3.63) is 80.6 Å². The first-order valence-corrected chi connectivity index (χ1v) is 5.10. The summed E-state index contributed by atoms with van der Waals surface area (Å²) in [5.74, 6) is -0.799. The smallest absolute Gasteiger partial charge is 0.258 e. The maximum Gasteiger partial charge on any atom is 0.304 e. The van der Waals surface area contributed by atoms with Crippen molar-refractivity contribution < 1.29 is 14.2 Å². The molecule has 0 radical (unpaired) electrons. The molecule has 2 rings (SSSR count). The van der Waals surface area contributed by atoms with Gasteiger partial charge in [0.25, 0.3) is 5.69 Å². The fourth-order valence-electron chi connectivity index (χ4n) is 1.15. The van der Waals surface area contributed by atoms with Gasteiger partial charge in [0.05, 0.1) is 9.85 Å². The van der Waals surface area contributed by atoms with Gasteiger partial charge in [-0.3, -0.25) is 20.2 Å². The molecule has 0 spiro atoms. The topological polar surface area (TPSA) is 86.3 Å². The zero-order valence-electron chi connectivity index (χ0n) is 9.60. The van der Waals surface area contributed by atoms with Gasteiger partial charge in [-0.2, -0.15) is 4.39 Å². The molecular weight excluding hydrogens is 255 g/mol. The minimum atomic E-state index is -0.799. The summed E-state index contributed by atoms with van der Waals surface area (Å²) in [6.45, 7) is 0. The normalized spacial score (nSPS) is 9.11. The number of nitro groups is 2. The Morgan fingerprint density at radius 2 is 1.32 bits per heavy atom. The second kappa shape index (κ2) is 6.80. The quantitative estimate of drug-likeness (QED) is 0.614. The van der Waals surface area contributed by atoms with Crippen molar-refractivity contribution in [2.75, 3.05) is 0 Å². The van der Waals surface area contributed by atoms with Gasteiger partial charge in [-0.15, -0.1) is 0 Å². The molecule has 0 saturated heterocycles. The molecule has 6 nitrogen and oxygen atoms in total. The minimum absolute atomic E-state index is 0.137. The lowest BCUT2D eigenvalue weighted by Gasteiger charge is -1.89. The lowest BCUT2D eigenvalue weighted by molar-refractivity contribution is -0.387. The third-order valence-electron chi connectivity index (χ3n) is 2.02. The summed E-state index contributed by atoms with van der Waals surface area (Å²) < 4.78 is 12.4. The molecule has 2 aromatic carbocycles. The first-order valence-electron chi connectivity index (χ1n) is 5.10. The molecule has 19 heavy (non-hydrogen) atoms. The van der Waals surface area contributed by atoms with E-state index in [1.54, 1.807) is 18.2 Å². The summed E-state index contributed by atoms with van der Waals surface area (Å²) in [5.41, 5.74) is -0.347. The van der Waals surface area contributed by atoms with E-state index < -0.39 is 21.4 Å². The van der Waals surface area contributed by atoms with E-state index in [-0.39, 0.29) is 5.69 Å². The SMILES string of the molecule is O=[N+]([O-])c1ccccc1.O=[N+]([O-])c1ccccc1F. The van der Waals surface area contributed by atoms with E-state index in [9.17, 15) is 24.6 Å². The van der Waals surface area contributed by atoms with Crippen LogP contribution in [0.1, 0.15) is 0 Å². The van der Waals surface area contributed by atoms with Crippen LogP contribution in [0.15, 0.2) is 54.6 Å². The number of non-ortho nitro benzene ring substituents is 1. The third kappa shape index (κ3) is 4.50. The number of nitrogens with zero attached hydrogens (tertiary/aromatic N) is 2. The molecule has 0 aliphatic rings. The van der Waals surface area contributed by atoms with Crippen LogP contribution in [0, 0.1) is 26.0 Å². The van der Waals surface area contributed by atoms with Crippen molar-refractivity contribution in [3.8, 4) is 0 Å². The molecule has 2 aromatic rings. The molecule has 0 saturated carbocycles. The average molecular weight is 264 g/mol. The number of para-hydroxylation sites is 2. The van der Waals surface area contributed by atoms with Crippen LogP contribution in [0.5, 0.6) is 0 Å². The molecule has 0 heterocycles. The molecular formula is C12H9FN2O4. The fraction of sp³-hybridized carbons (Fsp3) is 0. The second-order valence-electron chi connectivity index (χ2n) is 3.30. The maximum atomic E-state index is 12.4. The molecule has 0 N–H and O–H groups in total. The van der Waals surface area contributed by atoms with E-state index in [1.807, 2.05) is 0 Å². The maximum absolute atomic E-state index is 12.4. The Kier molecular flexibility index (Phi) is 5.09. The number of halogens is 1. The van der Waals surface area contributed by atoms with Crippen LogP contribution in [0.2, 0.25) is 0 Å². The van der Waals surface area contributed by atoms with Crippen LogP contribution in [0.3, 0.4) is 0 Å². The van der Waals surface area contributed by atoms with Gasteiger partial charge >= 0.3 is 5.69 Å². The van der Waals surface area contributed by atoms with Crippen LogP contribution in [-0.4, -0.2) is 9.85 Å². The summed E-state index contributed by atoms with van der Waals surface area (Å²) in [4.78, 5) is 18.8. The zero-order chi connectivity index (χ0) is 14.3. The molecule has 0 aromatic heterocycles. The minimum Gasteiger partial charge on any atom is -0.258 e. The van der Waals surface area contributed by atoms with Gasteiger partial charge in [0.1, 0.15) is 0 Å². The average Bonchev–Trinajstić information content (AvgIpc) is 2.40. The summed E-state index contributed by atoms with van der Waals surface area (Å²) in [5, 5.41) is 20.0. The van der Waals surface area contributed by atoms with Gasteiger partial charge in [-0.25, -0.2) is 0 Å². The fourth-order valence-corrected chi connectivity index (χ4v) is 1.15. The van der Waals surface area contributed by atoms with E-state index in [0.717, 1.165) is 12.1 Å². The van der Waals surface area contributed by atoms with Crippen LogP contribution in [-0.2, 0) is 0 Å². The molecule has 98 valence electrons. The van der Waals surface area contributed by atoms with Gasteiger partial charge in [0.15, 0.2) is 0 Å². The second-order valence-corrected chi connectivity index (χ2v) is 3.30. The standard InChI is InChI=1S/C6H4FNO2.C6H5NO2/c7-5-3-1-2-4-6(5)8(9)10;8-7(9)6-4-2-1-3-5-6/h1-4H;1-5H. The highest BCUT2D eigenvalue weighted by Gasteiger charge is 2.10. The van der Waals surface area contributed by atoms with Crippen molar-refractivity contribution in [2.24, 2.45) is 0 Å². The predicted octanol–water partition coefficient (Wildman–Crippen LogP) is 3.33. The number of hydrogen-bond acceptors (Lipinski definition) is 4. The summed E-state index contributed by atoms with van der Waals surface area (Å²) in [6, 6.07) is 12.9. The molecule has 0 aliphatic carbocycles. The Hall–Kier alpha value is -2.83. The van der Waals surface area contributed by atoms with Crippen molar-refractivity contribution in [3.63, 3.8) is 0 Å². The van der Waals surface area contributed by atoms with Gasteiger partial charge in [0, 0.05) is 18.2 Å². The molecule has 0 aliphatic heterocycles. The summed E-state index contributed by atoms with van der Waals surface area (Å²) in [7, 11) is 0. The lowest BCUT2D eigenvalue weighted by atomic mass is 10.3. The first-order chi connectivity index (χ1) is 9.02. The Morgan fingerprint density at radius 3 is 1.68 bits per heavy atom. The molecule has 7 heteroatoms. The predicted molar refractivity (Wildman–Crippen MR) is 66.2 cm³/mol. The number of rotatable bonds is 2. The largest absolute Gasteiger partial charge is 0.304 e. The van der Waals surface area contributed by atoms with Crippen molar-refractivity contribution in [1.29, 1.82) is 0 Å².